The Morgan fingerprint density at radius 2 is 2.00 bits per heavy atom. The van der Waals surface area contributed by atoms with Gasteiger partial charge in [-0.1, -0.05) is 0 Å². The maximum atomic E-state index is 13.0. The van der Waals surface area contributed by atoms with Gasteiger partial charge in [-0.15, -0.1) is 0 Å². The highest BCUT2D eigenvalue weighted by Gasteiger charge is 2.64. The molecule has 0 bridgehead atoms. The van der Waals surface area contributed by atoms with Gasteiger partial charge in [0.15, 0.2) is 5.41 Å². The number of aliphatic carboxylic acids is 1. The molecule has 1 fully saturated rings. The number of alkyl halides is 3. The molecule has 9 heteroatoms. The van der Waals surface area contributed by atoms with E-state index in [0.29, 0.717) is 6.42 Å². The number of rotatable bonds is 4. The van der Waals surface area contributed by atoms with Crippen LogP contribution in [0.15, 0.2) is 0 Å². The molecule has 2 unspecified atom stereocenters. The van der Waals surface area contributed by atoms with Crippen molar-refractivity contribution in [3.63, 3.8) is 0 Å². The summed E-state index contributed by atoms with van der Waals surface area (Å²) in [6.45, 7) is 0.569. The number of hydrogen-bond acceptors (Lipinski definition) is 3. The fourth-order valence-electron chi connectivity index (χ4n) is 2.22. The molecule has 1 saturated heterocycles. The number of likely N-dealkylation sites (tertiary alicyclic amines) is 1. The summed E-state index contributed by atoms with van der Waals surface area (Å²) >= 11 is 0. The van der Waals surface area contributed by atoms with E-state index in [2.05, 4.69) is 0 Å². The molecule has 122 valence electrons. The summed E-state index contributed by atoms with van der Waals surface area (Å²) in [5, 5.41) is 18.0. The summed E-state index contributed by atoms with van der Waals surface area (Å²) in [7, 11) is 1.40. The molecular weight excluding hydrogens is 293 g/mol. The van der Waals surface area contributed by atoms with Gasteiger partial charge in [-0.05, 0) is 19.8 Å². The van der Waals surface area contributed by atoms with Crippen LogP contribution >= 0.6 is 0 Å². The van der Waals surface area contributed by atoms with E-state index in [-0.39, 0.29) is 13.1 Å². The van der Waals surface area contributed by atoms with E-state index in [0.717, 1.165) is 4.90 Å². The average molecular weight is 312 g/mol. The van der Waals surface area contributed by atoms with Crippen molar-refractivity contribution in [2.75, 3.05) is 26.7 Å². The van der Waals surface area contributed by atoms with E-state index in [1.54, 1.807) is 0 Å². The number of carboxylic acids is 1. The van der Waals surface area contributed by atoms with Gasteiger partial charge in [0, 0.05) is 26.7 Å². The highest BCUT2D eigenvalue weighted by molar-refractivity contribution is 5.80. The van der Waals surface area contributed by atoms with Gasteiger partial charge in [0.25, 0.3) is 0 Å². The number of aliphatic hydroxyl groups is 1. The number of urea groups is 1. The first-order chi connectivity index (χ1) is 9.51. The Bertz CT molecular complexity index is 414. The van der Waals surface area contributed by atoms with Crippen molar-refractivity contribution in [1.29, 1.82) is 0 Å². The minimum Gasteiger partial charge on any atom is -0.481 e. The quantitative estimate of drug-likeness (QED) is 0.816. The van der Waals surface area contributed by atoms with Gasteiger partial charge in [0.1, 0.15) is 0 Å². The Labute approximate surface area is 120 Å². The maximum absolute atomic E-state index is 13.0. The molecule has 1 rings (SSSR count). The third kappa shape index (κ3) is 3.58. The Kier molecular flexibility index (Phi) is 5.08. The Morgan fingerprint density at radius 1 is 1.43 bits per heavy atom. The predicted octanol–water partition coefficient (Wildman–Crippen LogP) is 1.15. The van der Waals surface area contributed by atoms with Crippen LogP contribution in [0.25, 0.3) is 0 Å². The Balaban J connectivity index is 2.76. The minimum absolute atomic E-state index is 0.180. The standard InChI is InChI=1S/C12H19F3N2O4/c1-8(18)3-5-16(2)10(21)17-6-4-11(7-17,9(19)20)12(13,14)15/h8,18H,3-7H2,1-2H3,(H,19,20). The van der Waals surface area contributed by atoms with Gasteiger partial charge in [-0.3, -0.25) is 4.79 Å². The van der Waals surface area contributed by atoms with E-state index in [1.165, 1.54) is 18.9 Å². The van der Waals surface area contributed by atoms with Crippen LogP contribution in [0.1, 0.15) is 19.8 Å². The number of aliphatic hydroxyl groups excluding tert-OH is 1. The fraction of sp³-hybridized carbons (Fsp3) is 0.833. The van der Waals surface area contributed by atoms with E-state index in [4.69, 9.17) is 10.2 Å². The molecule has 0 aliphatic carbocycles. The molecule has 1 heterocycles. The summed E-state index contributed by atoms with van der Waals surface area (Å²) in [6, 6.07) is -0.664. The largest absolute Gasteiger partial charge is 0.481 e. The van der Waals surface area contributed by atoms with E-state index < -0.39 is 42.7 Å². The summed E-state index contributed by atoms with van der Waals surface area (Å²) < 4.78 is 39.0. The van der Waals surface area contributed by atoms with Crippen molar-refractivity contribution in [1.82, 2.24) is 9.80 Å². The SMILES string of the molecule is CC(O)CCN(C)C(=O)N1CCC(C(=O)O)(C(F)(F)F)C1. The lowest BCUT2D eigenvalue weighted by Gasteiger charge is -2.29. The summed E-state index contributed by atoms with van der Waals surface area (Å²) in [5.41, 5.74) is -2.90. The second-order valence-electron chi connectivity index (χ2n) is 5.40. The highest BCUT2D eigenvalue weighted by Crippen LogP contribution is 2.45. The van der Waals surface area contributed by atoms with Crippen LogP contribution in [0.3, 0.4) is 0 Å². The zero-order valence-corrected chi connectivity index (χ0v) is 11.9. The molecule has 0 spiro atoms. The molecule has 6 nitrogen and oxygen atoms in total. The fourth-order valence-corrected chi connectivity index (χ4v) is 2.22. The zero-order valence-electron chi connectivity index (χ0n) is 11.9. The molecule has 2 N–H and O–H groups in total. The predicted molar refractivity (Wildman–Crippen MR) is 66.6 cm³/mol. The molecule has 1 aliphatic heterocycles. The number of carboxylic acid groups (broad SMARTS) is 1. The first-order valence-electron chi connectivity index (χ1n) is 6.49. The Hall–Kier alpha value is -1.51. The number of amides is 2. The molecule has 0 saturated carbocycles. The summed E-state index contributed by atoms with van der Waals surface area (Å²) in [5.74, 6) is -1.96. The monoisotopic (exact) mass is 312 g/mol. The molecular formula is C12H19F3N2O4. The molecule has 0 aromatic heterocycles. The van der Waals surface area contributed by atoms with Crippen molar-refractivity contribution in [2.45, 2.75) is 32.0 Å². The molecule has 0 aromatic carbocycles. The number of carbonyl (C=O) groups is 2. The van der Waals surface area contributed by atoms with Crippen molar-refractivity contribution in [3.05, 3.63) is 0 Å². The van der Waals surface area contributed by atoms with Crippen LogP contribution in [-0.4, -0.2) is 71.0 Å². The molecule has 21 heavy (non-hydrogen) atoms. The number of halogens is 3. The van der Waals surface area contributed by atoms with E-state index >= 15 is 0 Å². The Morgan fingerprint density at radius 3 is 2.38 bits per heavy atom. The average Bonchev–Trinajstić information content (AvgIpc) is 2.80. The van der Waals surface area contributed by atoms with Crippen molar-refractivity contribution < 1.29 is 33.0 Å². The smallest absolute Gasteiger partial charge is 0.406 e. The van der Waals surface area contributed by atoms with Crippen LogP contribution < -0.4 is 0 Å². The topological polar surface area (TPSA) is 81.1 Å². The number of carbonyl (C=O) groups excluding carboxylic acids is 1. The normalized spacial score (nSPS) is 24.0. The molecule has 0 aromatic rings. The van der Waals surface area contributed by atoms with Crippen LogP contribution in [0, 0.1) is 5.41 Å². The second kappa shape index (κ2) is 6.08. The third-order valence-electron chi connectivity index (χ3n) is 3.70. The van der Waals surface area contributed by atoms with Gasteiger partial charge in [-0.25, -0.2) is 4.79 Å². The van der Waals surface area contributed by atoms with Gasteiger partial charge >= 0.3 is 18.2 Å². The van der Waals surface area contributed by atoms with Gasteiger partial charge < -0.3 is 20.0 Å². The number of nitrogens with zero attached hydrogens (tertiary/aromatic N) is 2. The van der Waals surface area contributed by atoms with Crippen LogP contribution in [0.4, 0.5) is 18.0 Å². The van der Waals surface area contributed by atoms with Crippen LogP contribution in [0.2, 0.25) is 0 Å². The number of hydrogen-bond donors (Lipinski definition) is 2. The van der Waals surface area contributed by atoms with Crippen LogP contribution in [-0.2, 0) is 4.79 Å². The molecule has 0 radical (unpaired) electrons. The molecule has 2 atom stereocenters. The minimum atomic E-state index is -4.91. The van der Waals surface area contributed by atoms with Crippen molar-refractivity contribution in [2.24, 2.45) is 5.41 Å². The zero-order chi connectivity index (χ0) is 16.4. The maximum Gasteiger partial charge on any atom is 0.406 e. The highest BCUT2D eigenvalue weighted by atomic mass is 19.4. The lowest BCUT2D eigenvalue weighted by atomic mass is 9.86. The summed E-state index contributed by atoms with van der Waals surface area (Å²) in [6.07, 6.45) is -5.90. The van der Waals surface area contributed by atoms with Gasteiger partial charge in [-0.2, -0.15) is 13.2 Å². The lowest BCUT2D eigenvalue weighted by Crippen LogP contribution is -2.49. The first kappa shape index (κ1) is 17.5. The third-order valence-corrected chi connectivity index (χ3v) is 3.70. The summed E-state index contributed by atoms with van der Waals surface area (Å²) in [4.78, 5) is 25.1. The van der Waals surface area contributed by atoms with Gasteiger partial charge in [0.2, 0.25) is 0 Å². The van der Waals surface area contributed by atoms with Crippen LogP contribution in [0.5, 0.6) is 0 Å². The van der Waals surface area contributed by atoms with Crippen molar-refractivity contribution in [3.8, 4) is 0 Å². The van der Waals surface area contributed by atoms with E-state index in [9.17, 15) is 22.8 Å². The van der Waals surface area contributed by atoms with Gasteiger partial charge in [0.05, 0.1) is 6.10 Å². The second-order valence-corrected chi connectivity index (χ2v) is 5.40. The first-order valence-corrected chi connectivity index (χ1v) is 6.49. The molecule has 1 aliphatic rings. The van der Waals surface area contributed by atoms with Crippen molar-refractivity contribution >= 4 is 12.0 Å². The lowest BCUT2D eigenvalue weighted by molar-refractivity contribution is -0.227. The van der Waals surface area contributed by atoms with E-state index in [1.807, 2.05) is 0 Å². The molecule has 2 amide bonds.